The Balaban J connectivity index is 2.12. The van der Waals surface area contributed by atoms with Crippen molar-refractivity contribution in [2.75, 3.05) is 13.2 Å². The Morgan fingerprint density at radius 3 is 2.75 bits per heavy atom. The Morgan fingerprint density at radius 2 is 2.20 bits per heavy atom. The first-order chi connectivity index (χ1) is 9.40. The van der Waals surface area contributed by atoms with Crippen molar-refractivity contribution >= 4 is 6.09 Å². The molecule has 1 heterocycles. The molecule has 1 amide bonds. The molecular formula is C12H13F3N2O3. The maximum Gasteiger partial charge on any atom is 0.419 e. The van der Waals surface area contributed by atoms with Crippen LogP contribution >= 0.6 is 0 Å². The summed E-state index contributed by atoms with van der Waals surface area (Å²) < 4.78 is 48.6. The molecule has 20 heavy (non-hydrogen) atoms. The van der Waals surface area contributed by atoms with Crippen molar-refractivity contribution < 1.29 is 27.4 Å². The number of amides is 1. The monoisotopic (exact) mass is 290 g/mol. The molecule has 1 aromatic carbocycles. The molecule has 3 N–H and O–H groups in total. The van der Waals surface area contributed by atoms with E-state index in [4.69, 9.17) is 15.2 Å². The molecule has 1 fully saturated rings. The predicted molar refractivity (Wildman–Crippen MR) is 63.1 cm³/mol. The zero-order chi connectivity index (χ0) is 14.8. The van der Waals surface area contributed by atoms with E-state index in [2.05, 4.69) is 5.32 Å². The van der Waals surface area contributed by atoms with Crippen LogP contribution < -0.4 is 15.8 Å². The standard InChI is InChI=1S/C12H13F3N2O3/c13-12(14,15)9-3-7(4-16)1-2-10(9)19-6-8-5-17-11(18)20-8/h1-3,8H,4-6,16H2,(H,17,18). The Labute approximate surface area is 112 Å². The molecule has 0 bridgehead atoms. The van der Waals surface area contributed by atoms with Gasteiger partial charge in [0.15, 0.2) is 6.10 Å². The van der Waals surface area contributed by atoms with Crippen LogP contribution in [-0.4, -0.2) is 25.3 Å². The number of halogens is 3. The molecule has 1 unspecified atom stereocenters. The molecule has 2 rings (SSSR count). The second-order valence-electron chi connectivity index (χ2n) is 4.25. The van der Waals surface area contributed by atoms with Crippen LogP contribution in [0.5, 0.6) is 5.75 Å². The average molecular weight is 290 g/mol. The topological polar surface area (TPSA) is 73.6 Å². The third-order valence-corrected chi connectivity index (χ3v) is 2.76. The first-order valence-corrected chi connectivity index (χ1v) is 5.87. The average Bonchev–Trinajstić information content (AvgIpc) is 2.81. The van der Waals surface area contributed by atoms with Crippen LogP contribution in [0.1, 0.15) is 11.1 Å². The normalized spacial score (nSPS) is 18.6. The molecule has 0 spiro atoms. The fourth-order valence-electron chi connectivity index (χ4n) is 1.76. The second-order valence-corrected chi connectivity index (χ2v) is 4.25. The van der Waals surface area contributed by atoms with E-state index in [1.54, 1.807) is 0 Å². The van der Waals surface area contributed by atoms with Crippen LogP contribution in [0.25, 0.3) is 0 Å². The highest BCUT2D eigenvalue weighted by atomic mass is 19.4. The SMILES string of the molecule is NCc1ccc(OCC2CNC(=O)O2)c(C(F)(F)F)c1. The van der Waals surface area contributed by atoms with E-state index in [1.807, 2.05) is 0 Å². The summed E-state index contributed by atoms with van der Waals surface area (Å²) in [6, 6.07) is 3.63. The Kier molecular flexibility index (Phi) is 4.03. The quantitative estimate of drug-likeness (QED) is 0.884. The predicted octanol–water partition coefficient (Wildman–Crippen LogP) is 1.65. The molecule has 0 aromatic heterocycles. The van der Waals surface area contributed by atoms with Crippen LogP contribution in [0.15, 0.2) is 18.2 Å². The third-order valence-electron chi connectivity index (χ3n) is 2.76. The van der Waals surface area contributed by atoms with Crippen LogP contribution in [-0.2, 0) is 17.5 Å². The van der Waals surface area contributed by atoms with Crippen molar-refractivity contribution in [3.63, 3.8) is 0 Å². The molecule has 1 aromatic rings. The van der Waals surface area contributed by atoms with Gasteiger partial charge in [-0.3, -0.25) is 0 Å². The van der Waals surface area contributed by atoms with E-state index in [9.17, 15) is 18.0 Å². The van der Waals surface area contributed by atoms with Gasteiger partial charge in [-0.05, 0) is 17.7 Å². The highest BCUT2D eigenvalue weighted by molar-refractivity contribution is 5.69. The van der Waals surface area contributed by atoms with E-state index in [-0.39, 0.29) is 25.4 Å². The minimum atomic E-state index is -4.54. The molecule has 1 atom stereocenters. The summed E-state index contributed by atoms with van der Waals surface area (Å²) in [5, 5.41) is 2.39. The lowest BCUT2D eigenvalue weighted by Crippen LogP contribution is -2.23. The van der Waals surface area contributed by atoms with E-state index < -0.39 is 23.9 Å². The Morgan fingerprint density at radius 1 is 1.45 bits per heavy atom. The molecule has 0 aliphatic carbocycles. The maximum absolute atomic E-state index is 12.9. The largest absolute Gasteiger partial charge is 0.489 e. The number of ether oxygens (including phenoxy) is 2. The number of hydrogen-bond donors (Lipinski definition) is 2. The number of nitrogens with one attached hydrogen (secondary N) is 1. The zero-order valence-corrected chi connectivity index (χ0v) is 10.4. The van der Waals surface area contributed by atoms with Crippen LogP contribution in [0, 0.1) is 0 Å². The summed E-state index contributed by atoms with van der Waals surface area (Å²) in [5.41, 5.74) is 4.80. The Bertz CT molecular complexity index is 505. The molecule has 0 saturated carbocycles. The maximum atomic E-state index is 12.9. The summed E-state index contributed by atoms with van der Waals surface area (Å²) in [6.07, 6.45) is -5.74. The van der Waals surface area contributed by atoms with Crippen molar-refractivity contribution in [1.82, 2.24) is 5.32 Å². The number of hydrogen-bond acceptors (Lipinski definition) is 4. The van der Waals surface area contributed by atoms with Crippen molar-refractivity contribution in [1.29, 1.82) is 0 Å². The molecular weight excluding hydrogens is 277 g/mol. The highest BCUT2D eigenvalue weighted by Crippen LogP contribution is 2.36. The number of rotatable bonds is 4. The minimum absolute atomic E-state index is 0.00746. The van der Waals surface area contributed by atoms with Gasteiger partial charge in [0.1, 0.15) is 12.4 Å². The van der Waals surface area contributed by atoms with Gasteiger partial charge in [-0.25, -0.2) is 4.79 Å². The number of alkyl halides is 3. The van der Waals surface area contributed by atoms with Gasteiger partial charge in [0.2, 0.25) is 0 Å². The summed E-state index contributed by atoms with van der Waals surface area (Å²) in [4.78, 5) is 10.8. The highest BCUT2D eigenvalue weighted by Gasteiger charge is 2.35. The van der Waals surface area contributed by atoms with Gasteiger partial charge in [0.05, 0.1) is 12.1 Å². The molecule has 0 radical (unpaired) electrons. The number of cyclic esters (lactones) is 1. The van der Waals surface area contributed by atoms with E-state index in [0.29, 0.717) is 5.56 Å². The van der Waals surface area contributed by atoms with E-state index >= 15 is 0 Å². The Hall–Kier alpha value is -1.96. The fourth-order valence-corrected chi connectivity index (χ4v) is 1.76. The number of benzene rings is 1. The number of carbonyl (C=O) groups excluding carboxylic acids is 1. The fraction of sp³-hybridized carbons (Fsp3) is 0.417. The van der Waals surface area contributed by atoms with Gasteiger partial charge in [-0.15, -0.1) is 0 Å². The van der Waals surface area contributed by atoms with Gasteiger partial charge in [0.25, 0.3) is 0 Å². The van der Waals surface area contributed by atoms with Crippen molar-refractivity contribution in [2.45, 2.75) is 18.8 Å². The van der Waals surface area contributed by atoms with Crippen molar-refractivity contribution in [3.05, 3.63) is 29.3 Å². The van der Waals surface area contributed by atoms with Crippen molar-refractivity contribution in [2.24, 2.45) is 5.73 Å². The molecule has 5 nitrogen and oxygen atoms in total. The molecule has 1 saturated heterocycles. The van der Waals surface area contributed by atoms with Gasteiger partial charge >= 0.3 is 12.3 Å². The van der Waals surface area contributed by atoms with Gasteiger partial charge in [-0.2, -0.15) is 13.2 Å². The van der Waals surface area contributed by atoms with Crippen LogP contribution in [0.4, 0.5) is 18.0 Å². The first-order valence-electron chi connectivity index (χ1n) is 5.87. The summed E-state index contributed by atoms with van der Waals surface area (Å²) in [6.45, 7) is 0.0678. The molecule has 1 aliphatic rings. The second kappa shape index (κ2) is 5.58. The lowest BCUT2D eigenvalue weighted by molar-refractivity contribution is -0.139. The number of alkyl carbamates (subject to hydrolysis) is 1. The van der Waals surface area contributed by atoms with Gasteiger partial charge in [-0.1, -0.05) is 6.07 Å². The van der Waals surface area contributed by atoms with Gasteiger partial charge in [0, 0.05) is 6.54 Å². The lowest BCUT2D eigenvalue weighted by atomic mass is 10.1. The van der Waals surface area contributed by atoms with Crippen LogP contribution in [0.2, 0.25) is 0 Å². The van der Waals surface area contributed by atoms with Crippen LogP contribution in [0.3, 0.4) is 0 Å². The molecule has 110 valence electrons. The number of carbonyl (C=O) groups is 1. The molecule has 8 heteroatoms. The zero-order valence-electron chi connectivity index (χ0n) is 10.4. The smallest absolute Gasteiger partial charge is 0.419 e. The summed E-state index contributed by atoms with van der Waals surface area (Å²) in [5.74, 6) is -0.308. The lowest BCUT2D eigenvalue weighted by Gasteiger charge is -2.16. The summed E-state index contributed by atoms with van der Waals surface area (Å²) in [7, 11) is 0. The number of nitrogens with two attached hydrogens (primary N) is 1. The van der Waals surface area contributed by atoms with E-state index in [1.165, 1.54) is 12.1 Å². The minimum Gasteiger partial charge on any atom is -0.489 e. The van der Waals surface area contributed by atoms with E-state index in [0.717, 1.165) is 6.07 Å². The summed E-state index contributed by atoms with van der Waals surface area (Å²) >= 11 is 0. The van der Waals surface area contributed by atoms with Gasteiger partial charge < -0.3 is 20.5 Å². The van der Waals surface area contributed by atoms with Crippen molar-refractivity contribution in [3.8, 4) is 5.75 Å². The molecule has 1 aliphatic heterocycles. The first kappa shape index (κ1) is 14.4. The third kappa shape index (κ3) is 3.32.